The first-order valence-corrected chi connectivity index (χ1v) is 12.0. The molecule has 0 radical (unpaired) electrons. The predicted molar refractivity (Wildman–Crippen MR) is 119 cm³/mol. The quantitative estimate of drug-likeness (QED) is 0.684. The maximum absolute atomic E-state index is 13.1. The molecule has 5 rings (SSSR count). The number of rotatable bonds is 3. The van der Waals surface area contributed by atoms with Gasteiger partial charge in [0, 0.05) is 26.1 Å². The van der Waals surface area contributed by atoms with Crippen LogP contribution in [0.3, 0.4) is 0 Å². The fourth-order valence-corrected chi connectivity index (χ4v) is 6.48. The van der Waals surface area contributed by atoms with Gasteiger partial charge in [-0.25, -0.2) is 9.78 Å². The highest BCUT2D eigenvalue weighted by atomic mass is 32.1. The van der Waals surface area contributed by atoms with Gasteiger partial charge in [0.1, 0.15) is 12.1 Å². The molecule has 2 aromatic rings. The Labute approximate surface area is 186 Å². The minimum atomic E-state index is -0.727. The van der Waals surface area contributed by atoms with E-state index in [0.29, 0.717) is 31.8 Å². The fourth-order valence-electron chi connectivity index (χ4n) is 5.35. The molecule has 1 aliphatic carbocycles. The van der Waals surface area contributed by atoms with E-state index in [1.54, 1.807) is 28.2 Å². The second kappa shape index (κ2) is 7.89. The van der Waals surface area contributed by atoms with Crippen molar-refractivity contribution in [2.75, 3.05) is 26.7 Å². The number of likely N-dealkylation sites (tertiary alicyclic amines) is 1. The van der Waals surface area contributed by atoms with Gasteiger partial charge < -0.3 is 9.80 Å². The number of piperidine rings is 1. The number of carbonyl (C=O) groups excluding carboxylic acids is 3. The Bertz CT molecular complexity index is 988. The van der Waals surface area contributed by atoms with Crippen molar-refractivity contribution in [1.29, 1.82) is 0 Å². The Morgan fingerprint density at radius 3 is 2.55 bits per heavy atom. The zero-order chi connectivity index (χ0) is 21.6. The van der Waals surface area contributed by atoms with E-state index in [1.807, 2.05) is 18.2 Å². The highest BCUT2D eigenvalue weighted by Gasteiger charge is 2.56. The highest BCUT2D eigenvalue weighted by Crippen LogP contribution is 2.39. The van der Waals surface area contributed by atoms with Crippen molar-refractivity contribution in [3.05, 3.63) is 29.3 Å². The van der Waals surface area contributed by atoms with Crippen molar-refractivity contribution < 1.29 is 14.4 Å². The average molecular weight is 441 g/mol. The molecule has 0 unspecified atom stereocenters. The molecule has 2 aliphatic heterocycles. The molecule has 7 nitrogen and oxygen atoms in total. The lowest BCUT2D eigenvalue weighted by Crippen LogP contribution is -2.50. The van der Waals surface area contributed by atoms with Gasteiger partial charge in [0.2, 0.25) is 5.91 Å². The van der Waals surface area contributed by atoms with E-state index < -0.39 is 5.54 Å². The third-order valence-electron chi connectivity index (χ3n) is 7.28. The molecular formula is C23H28N4O3S. The van der Waals surface area contributed by atoms with Gasteiger partial charge in [-0.3, -0.25) is 14.5 Å². The van der Waals surface area contributed by atoms with Gasteiger partial charge in [0.25, 0.3) is 5.91 Å². The number of hydrogen-bond acceptors (Lipinski definition) is 5. The molecule has 2 saturated heterocycles. The van der Waals surface area contributed by atoms with E-state index in [-0.39, 0.29) is 24.4 Å². The lowest BCUT2D eigenvalue weighted by atomic mass is 9.81. The molecule has 0 N–H and O–H groups in total. The highest BCUT2D eigenvalue weighted by molar-refractivity contribution is 7.18. The Hall–Kier alpha value is -2.48. The third kappa shape index (κ3) is 3.41. The van der Waals surface area contributed by atoms with Crippen molar-refractivity contribution >= 4 is 39.4 Å². The van der Waals surface area contributed by atoms with Crippen LogP contribution >= 0.6 is 11.3 Å². The summed E-state index contributed by atoms with van der Waals surface area (Å²) in [7, 11) is 1.71. The Morgan fingerprint density at radius 2 is 1.84 bits per heavy atom. The molecule has 164 valence electrons. The Morgan fingerprint density at radius 1 is 1.13 bits per heavy atom. The van der Waals surface area contributed by atoms with Crippen LogP contribution < -0.4 is 0 Å². The molecule has 0 bridgehead atoms. The second-order valence-electron chi connectivity index (χ2n) is 9.00. The fraction of sp³-hybridized carbons (Fsp3) is 0.565. The molecule has 0 atom stereocenters. The number of benzene rings is 1. The van der Waals surface area contributed by atoms with Gasteiger partial charge in [0.15, 0.2) is 0 Å². The van der Waals surface area contributed by atoms with Crippen LogP contribution in [0.2, 0.25) is 0 Å². The number of fused-ring (bicyclic) bond motifs is 1. The Balaban J connectivity index is 1.22. The van der Waals surface area contributed by atoms with Gasteiger partial charge in [-0.05, 0) is 37.8 Å². The molecular weight excluding hydrogens is 412 g/mol. The number of urea groups is 1. The van der Waals surface area contributed by atoms with E-state index in [4.69, 9.17) is 4.98 Å². The van der Waals surface area contributed by atoms with Crippen LogP contribution in [0.25, 0.3) is 10.2 Å². The average Bonchev–Trinajstić information content (AvgIpc) is 3.31. The summed E-state index contributed by atoms with van der Waals surface area (Å²) in [5.74, 6) is 0.0382. The van der Waals surface area contributed by atoms with Crippen molar-refractivity contribution in [3.63, 3.8) is 0 Å². The van der Waals surface area contributed by atoms with E-state index in [9.17, 15) is 14.4 Å². The van der Waals surface area contributed by atoms with Gasteiger partial charge in [-0.2, -0.15) is 0 Å². The number of thiazole rings is 1. The number of carbonyl (C=O) groups is 3. The zero-order valence-electron chi connectivity index (χ0n) is 17.9. The number of likely N-dealkylation sites (N-methyl/N-ethyl adjacent to an activating group) is 1. The monoisotopic (exact) mass is 440 g/mol. The van der Waals surface area contributed by atoms with Crippen LogP contribution in [0.15, 0.2) is 24.3 Å². The number of para-hydroxylation sites is 1. The number of imide groups is 1. The van der Waals surface area contributed by atoms with Gasteiger partial charge in [-0.1, -0.05) is 31.4 Å². The summed E-state index contributed by atoms with van der Waals surface area (Å²) in [4.78, 5) is 48.2. The van der Waals surface area contributed by atoms with E-state index in [2.05, 4.69) is 6.07 Å². The molecule has 3 fully saturated rings. The lowest BCUT2D eigenvalue weighted by molar-refractivity contribution is -0.141. The summed E-state index contributed by atoms with van der Waals surface area (Å²) in [5, 5.41) is 1.14. The molecule has 31 heavy (non-hydrogen) atoms. The summed E-state index contributed by atoms with van der Waals surface area (Å²) in [5.41, 5.74) is 0.308. The van der Waals surface area contributed by atoms with Gasteiger partial charge in [-0.15, -0.1) is 11.3 Å². The molecule has 8 heteroatoms. The first-order valence-electron chi connectivity index (χ1n) is 11.2. The first kappa shape index (κ1) is 20.4. The van der Waals surface area contributed by atoms with Crippen molar-refractivity contribution in [1.82, 2.24) is 19.7 Å². The standard InChI is InChI=1S/C23H28N4O3S/c1-25-22(30)27(21(29)23(25)11-5-2-6-12-23)15-19(28)26-13-9-16(10-14-26)20-24-17-7-3-4-8-18(17)31-20/h3-4,7-8,16H,2,5-6,9-15H2,1H3. The summed E-state index contributed by atoms with van der Waals surface area (Å²) < 4.78 is 1.20. The van der Waals surface area contributed by atoms with Crippen molar-refractivity contribution in [2.45, 2.75) is 56.4 Å². The molecule has 3 heterocycles. The molecule has 1 aromatic carbocycles. The molecule has 1 aromatic heterocycles. The second-order valence-corrected chi connectivity index (χ2v) is 10.1. The SMILES string of the molecule is CN1C(=O)N(CC(=O)N2CCC(c3nc4ccccc4s3)CC2)C(=O)C12CCCCC2. The van der Waals surface area contributed by atoms with Crippen LogP contribution in [-0.4, -0.2) is 69.8 Å². The minimum Gasteiger partial charge on any atom is -0.341 e. The van der Waals surface area contributed by atoms with E-state index >= 15 is 0 Å². The van der Waals surface area contributed by atoms with E-state index in [1.165, 1.54) is 9.60 Å². The molecule has 1 saturated carbocycles. The number of aromatic nitrogens is 1. The van der Waals surface area contributed by atoms with Crippen LogP contribution in [-0.2, 0) is 9.59 Å². The molecule has 3 aliphatic rings. The van der Waals surface area contributed by atoms with Crippen LogP contribution in [0.1, 0.15) is 55.9 Å². The molecule has 4 amide bonds. The summed E-state index contributed by atoms with van der Waals surface area (Å²) >= 11 is 1.74. The lowest BCUT2D eigenvalue weighted by Gasteiger charge is -2.36. The smallest absolute Gasteiger partial charge is 0.327 e. The third-order valence-corrected chi connectivity index (χ3v) is 8.48. The number of amides is 4. The van der Waals surface area contributed by atoms with Crippen molar-refractivity contribution in [2.24, 2.45) is 0 Å². The van der Waals surface area contributed by atoms with Crippen molar-refractivity contribution in [3.8, 4) is 0 Å². The number of hydrogen-bond donors (Lipinski definition) is 0. The summed E-state index contributed by atoms with van der Waals surface area (Å²) in [6.07, 6.45) is 6.11. The summed E-state index contributed by atoms with van der Waals surface area (Å²) in [6.45, 7) is 1.13. The minimum absolute atomic E-state index is 0.134. The predicted octanol–water partition coefficient (Wildman–Crippen LogP) is 3.60. The van der Waals surface area contributed by atoms with Gasteiger partial charge >= 0.3 is 6.03 Å². The maximum atomic E-state index is 13.1. The molecule has 1 spiro atoms. The van der Waals surface area contributed by atoms with Crippen LogP contribution in [0.4, 0.5) is 4.79 Å². The largest absolute Gasteiger partial charge is 0.341 e. The van der Waals surface area contributed by atoms with Crippen LogP contribution in [0, 0.1) is 0 Å². The maximum Gasteiger partial charge on any atom is 0.327 e. The first-order chi connectivity index (χ1) is 15.0. The topological polar surface area (TPSA) is 73.8 Å². The normalized spacial score (nSPS) is 22.2. The van der Waals surface area contributed by atoms with E-state index in [0.717, 1.165) is 42.6 Å². The van der Waals surface area contributed by atoms with Crippen LogP contribution in [0.5, 0.6) is 0 Å². The zero-order valence-corrected chi connectivity index (χ0v) is 18.7. The van der Waals surface area contributed by atoms with Gasteiger partial charge in [0.05, 0.1) is 15.2 Å². The summed E-state index contributed by atoms with van der Waals surface area (Å²) in [6, 6.07) is 7.83. The Kier molecular flexibility index (Phi) is 5.20. The number of nitrogens with zero attached hydrogens (tertiary/aromatic N) is 4.